The van der Waals surface area contributed by atoms with E-state index in [1.54, 1.807) is 0 Å². The lowest BCUT2D eigenvalue weighted by atomic mass is 10.1. The molecular weight excluding hydrogens is 205 g/mol. The van der Waals surface area contributed by atoms with Gasteiger partial charge < -0.3 is 0 Å². The number of nitrogens with zero attached hydrogens (tertiary/aromatic N) is 1. The summed E-state index contributed by atoms with van der Waals surface area (Å²) in [6, 6.07) is 3.56. The van der Waals surface area contributed by atoms with E-state index < -0.39 is 11.7 Å². The highest BCUT2D eigenvalue weighted by atomic mass is 19.4. The number of alkyl halides is 3. The van der Waals surface area contributed by atoms with Crippen LogP contribution in [0.1, 0.15) is 18.2 Å². The number of aromatic nitrogens is 2. The minimum Gasteiger partial charge on any atom is -0.281 e. The Morgan fingerprint density at radius 3 is 2.67 bits per heavy atom. The van der Waals surface area contributed by atoms with Crippen molar-refractivity contribution in [1.29, 1.82) is 0 Å². The van der Waals surface area contributed by atoms with Gasteiger partial charge in [-0.25, -0.2) is 0 Å². The van der Waals surface area contributed by atoms with E-state index in [1.165, 1.54) is 6.07 Å². The maximum atomic E-state index is 12.4. The molecule has 2 aromatic rings. The molecule has 80 valence electrons. The zero-order valence-electron chi connectivity index (χ0n) is 8.02. The van der Waals surface area contributed by atoms with Crippen molar-refractivity contribution in [2.45, 2.75) is 19.5 Å². The molecule has 2 nitrogen and oxygen atoms in total. The summed E-state index contributed by atoms with van der Waals surface area (Å²) in [6.07, 6.45) is -3.66. The van der Waals surface area contributed by atoms with Gasteiger partial charge in [-0.3, -0.25) is 5.10 Å². The van der Waals surface area contributed by atoms with Crippen LogP contribution >= 0.6 is 0 Å². The van der Waals surface area contributed by atoms with E-state index in [2.05, 4.69) is 10.2 Å². The summed E-state index contributed by atoms with van der Waals surface area (Å²) in [5.41, 5.74) is 0.669. The van der Waals surface area contributed by atoms with Crippen LogP contribution in [0, 0.1) is 0 Å². The first-order chi connectivity index (χ1) is 7.02. The molecule has 0 bridgehead atoms. The van der Waals surface area contributed by atoms with Gasteiger partial charge in [-0.1, -0.05) is 6.92 Å². The lowest BCUT2D eigenvalue weighted by Crippen LogP contribution is -2.04. The normalized spacial score (nSPS) is 12.3. The number of fused-ring (bicyclic) bond motifs is 1. The number of halogens is 3. The first kappa shape index (κ1) is 10.0. The third kappa shape index (κ3) is 1.69. The molecule has 1 aromatic heterocycles. The number of rotatable bonds is 1. The van der Waals surface area contributed by atoms with Crippen LogP contribution in [0.2, 0.25) is 0 Å². The summed E-state index contributed by atoms with van der Waals surface area (Å²) in [5.74, 6) is 0. The van der Waals surface area contributed by atoms with E-state index in [1.807, 2.05) is 6.92 Å². The summed E-state index contributed by atoms with van der Waals surface area (Å²) >= 11 is 0. The number of aromatic amines is 1. The largest absolute Gasteiger partial charge is 0.416 e. The average Bonchev–Trinajstić information content (AvgIpc) is 2.57. The number of hydrogen-bond donors (Lipinski definition) is 1. The van der Waals surface area contributed by atoms with Crippen molar-refractivity contribution in [1.82, 2.24) is 10.2 Å². The highest BCUT2D eigenvalue weighted by molar-refractivity contribution is 5.82. The van der Waals surface area contributed by atoms with Gasteiger partial charge in [-0.15, -0.1) is 0 Å². The van der Waals surface area contributed by atoms with Crippen molar-refractivity contribution in [2.75, 3.05) is 0 Å². The summed E-state index contributed by atoms with van der Waals surface area (Å²) < 4.78 is 37.3. The monoisotopic (exact) mass is 214 g/mol. The van der Waals surface area contributed by atoms with E-state index in [4.69, 9.17) is 0 Å². The fourth-order valence-electron chi connectivity index (χ4n) is 1.51. The minimum atomic E-state index is -4.30. The second-order valence-electron chi connectivity index (χ2n) is 3.29. The molecule has 0 aliphatic carbocycles. The molecule has 0 aliphatic heterocycles. The molecule has 0 aliphatic rings. The van der Waals surface area contributed by atoms with Gasteiger partial charge in [0.05, 0.1) is 11.1 Å². The van der Waals surface area contributed by atoms with E-state index >= 15 is 0 Å². The van der Waals surface area contributed by atoms with E-state index in [9.17, 15) is 13.2 Å². The molecule has 0 saturated carbocycles. The Kier molecular flexibility index (Phi) is 2.17. The van der Waals surface area contributed by atoms with Gasteiger partial charge in [0.1, 0.15) is 0 Å². The minimum absolute atomic E-state index is 0.548. The summed E-state index contributed by atoms with van der Waals surface area (Å²) in [4.78, 5) is 0. The average molecular weight is 214 g/mol. The molecule has 0 atom stereocenters. The van der Waals surface area contributed by atoms with Crippen LogP contribution in [-0.2, 0) is 12.6 Å². The summed E-state index contributed by atoms with van der Waals surface area (Å²) in [7, 11) is 0. The standard InChI is InChI=1S/C10H9F3N2/c1-2-8-7-5-6(10(11,12)13)3-4-9(7)15-14-8/h3-5H,2H2,1H3,(H,14,15). The van der Waals surface area contributed by atoms with Crippen molar-refractivity contribution >= 4 is 10.9 Å². The zero-order chi connectivity index (χ0) is 11.1. The molecule has 1 heterocycles. The summed E-state index contributed by atoms with van der Waals surface area (Å²) in [6.45, 7) is 1.87. The fraction of sp³-hybridized carbons (Fsp3) is 0.300. The van der Waals surface area contributed by atoms with Gasteiger partial charge in [0, 0.05) is 11.1 Å². The first-order valence-corrected chi connectivity index (χ1v) is 4.56. The lowest BCUT2D eigenvalue weighted by molar-refractivity contribution is -0.137. The van der Waals surface area contributed by atoms with Crippen molar-refractivity contribution in [3.8, 4) is 0 Å². The highest BCUT2D eigenvalue weighted by Crippen LogP contribution is 2.31. The lowest BCUT2D eigenvalue weighted by Gasteiger charge is -2.05. The molecule has 0 amide bonds. The van der Waals surface area contributed by atoms with Crippen LogP contribution in [0.25, 0.3) is 10.9 Å². The Bertz CT molecular complexity index is 485. The second kappa shape index (κ2) is 3.25. The van der Waals surface area contributed by atoms with E-state index in [0.29, 0.717) is 17.3 Å². The quantitative estimate of drug-likeness (QED) is 0.776. The van der Waals surface area contributed by atoms with Crippen LogP contribution in [0.4, 0.5) is 13.2 Å². The molecule has 0 fully saturated rings. The number of hydrogen-bond acceptors (Lipinski definition) is 1. The van der Waals surface area contributed by atoms with E-state index in [-0.39, 0.29) is 0 Å². The molecule has 0 saturated heterocycles. The Hall–Kier alpha value is -1.52. The van der Waals surface area contributed by atoms with Gasteiger partial charge in [0.2, 0.25) is 0 Å². The van der Waals surface area contributed by atoms with Gasteiger partial charge >= 0.3 is 6.18 Å². The fourth-order valence-corrected chi connectivity index (χ4v) is 1.51. The second-order valence-corrected chi connectivity index (χ2v) is 3.29. The Labute approximate surface area is 84.1 Å². The molecular formula is C10H9F3N2. The first-order valence-electron chi connectivity index (χ1n) is 4.56. The number of aryl methyl sites for hydroxylation is 1. The molecule has 0 spiro atoms. The maximum absolute atomic E-state index is 12.4. The summed E-state index contributed by atoms with van der Waals surface area (Å²) in [5, 5.41) is 7.19. The molecule has 0 radical (unpaired) electrons. The van der Waals surface area contributed by atoms with Crippen molar-refractivity contribution in [3.63, 3.8) is 0 Å². The Morgan fingerprint density at radius 2 is 2.07 bits per heavy atom. The molecule has 1 aromatic carbocycles. The zero-order valence-corrected chi connectivity index (χ0v) is 8.02. The predicted octanol–water partition coefficient (Wildman–Crippen LogP) is 3.14. The molecule has 1 N–H and O–H groups in total. The van der Waals surface area contributed by atoms with Crippen LogP contribution in [0.5, 0.6) is 0 Å². The van der Waals surface area contributed by atoms with Gasteiger partial charge in [-0.05, 0) is 24.6 Å². The van der Waals surface area contributed by atoms with Crippen LogP contribution in [0.3, 0.4) is 0 Å². The van der Waals surface area contributed by atoms with Crippen LogP contribution in [-0.4, -0.2) is 10.2 Å². The Morgan fingerprint density at radius 1 is 1.33 bits per heavy atom. The molecule has 2 rings (SSSR count). The van der Waals surface area contributed by atoms with E-state index in [0.717, 1.165) is 17.8 Å². The van der Waals surface area contributed by atoms with Crippen molar-refractivity contribution in [2.24, 2.45) is 0 Å². The highest BCUT2D eigenvalue weighted by Gasteiger charge is 2.30. The SMILES string of the molecule is CCc1[nH]nc2ccc(C(F)(F)F)cc12. The van der Waals surface area contributed by atoms with Gasteiger partial charge in [0.25, 0.3) is 0 Å². The number of benzene rings is 1. The van der Waals surface area contributed by atoms with Crippen molar-refractivity contribution in [3.05, 3.63) is 29.5 Å². The van der Waals surface area contributed by atoms with Crippen LogP contribution in [0.15, 0.2) is 18.2 Å². The van der Waals surface area contributed by atoms with Crippen molar-refractivity contribution < 1.29 is 13.2 Å². The molecule has 0 unspecified atom stereocenters. The van der Waals surface area contributed by atoms with Crippen LogP contribution < -0.4 is 0 Å². The molecule has 15 heavy (non-hydrogen) atoms. The number of H-pyrrole nitrogens is 1. The molecule has 5 heteroatoms. The maximum Gasteiger partial charge on any atom is 0.416 e. The van der Waals surface area contributed by atoms with Gasteiger partial charge in [-0.2, -0.15) is 18.3 Å². The predicted molar refractivity (Wildman–Crippen MR) is 50.5 cm³/mol. The third-order valence-corrected chi connectivity index (χ3v) is 2.31. The number of nitrogens with one attached hydrogen (secondary N) is 1. The third-order valence-electron chi connectivity index (χ3n) is 2.31. The smallest absolute Gasteiger partial charge is 0.281 e. The van der Waals surface area contributed by atoms with Gasteiger partial charge in [0.15, 0.2) is 0 Å². The topological polar surface area (TPSA) is 28.7 Å². The Balaban J connectivity index is 2.63.